The van der Waals surface area contributed by atoms with Crippen LogP contribution in [-0.4, -0.2) is 37.6 Å². The fraction of sp³-hybridized carbons (Fsp3) is 0.857. The zero-order valence-corrected chi connectivity index (χ0v) is 11.0. The second-order valence-electron chi connectivity index (χ2n) is 5.41. The van der Waals surface area contributed by atoms with Gasteiger partial charge in [0.25, 0.3) is 0 Å². The standard InChI is InChI=1S/C14H28N2/c1-4-5-8-16-9-6-14(7-10-16)12-15-11-13(2)3/h4,13-15H,1,5-12H2,2-3H3. The van der Waals surface area contributed by atoms with E-state index in [1.54, 1.807) is 0 Å². The summed E-state index contributed by atoms with van der Waals surface area (Å²) >= 11 is 0. The molecule has 0 atom stereocenters. The zero-order chi connectivity index (χ0) is 11.8. The molecule has 1 saturated heterocycles. The summed E-state index contributed by atoms with van der Waals surface area (Å²) in [6, 6.07) is 0. The Balaban J connectivity index is 2.05. The van der Waals surface area contributed by atoms with Gasteiger partial charge >= 0.3 is 0 Å². The van der Waals surface area contributed by atoms with Crippen molar-refractivity contribution >= 4 is 0 Å². The number of nitrogens with zero attached hydrogens (tertiary/aromatic N) is 1. The van der Waals surface area contributed by atoms with Gasteiger partial charge in [0.15, 0.2) is 0 Å². The van der Waals surface area contributed by atoms with Crippen molar-refractivity contribution in [1.82, 2.24) is 10.2 Å². The van der Waals surface area contributed by atoms with Crippen LogP contribution in [0.2, 0.25) is 0 Å². The van der Waals surface area contributed by atoms with Crippen molar-refractivity contribution in [1.29, 1.82) is 0 Å². The van der Waals surface area contributed by atoms with E-state index in [1.807, 2.05) is 6.08 Å². The molecule has 0 radical (unpaired) electrons. The van der Waals surface area contributed by atoms with E-state index in [-0.39, 0.29) is 0 Å². The molecule has 0 unspecified atom stereocenters. The van der Waals surface area contributed by atoms with Crippen LogP contribution in [0.1, 0.15) is 33.1 Å². The van der Waals surface area contributed by atoms with Crippen LogP contribution in [0.15, 0.2) is 12.7 Å². The van der Waals surface area contributed by atoms with Crippen LogP contribution in [0.5, 0.6) is 0 Å². The predicted octanol–water partition coefficient (Wildman–Crippen LogP) is 2.52. The molecule has 1 aliphatic rings. The summed E-state index contributed by atoms with van der Waals surface area (Å²) in [6.07, 6.45) is 5.89. The second-order valence-corrected chi connectivity index (χ2v) is 5.41. The lowest BCUT2D eigenvalue weighted by atomic mass is 9.96. The summed E-state index contributed by atoms with van der Waals surface area (Å²) in [5.74, 6) is 1.67. The van der Waals surface area contributed by atoms with Gasteiger partial charge in [-0.25, -0.2) is 0 Å². The third-order valence-corrected chi connectivity index (χ3v) is 3.34. The third kappa shape index (κ3) is 5.66. The predicted molar refractivity (Wildman–Crippen MR) is 71.7 cm³/mol. The molecule has 1 heterocycles. The molecule has 0 aliphatic carbocycles. The Morgan fingerprint density at radius 1 is 1.38 bits per heavy atom. The van der Waals surface area contributed by atoms with Gasteiger partial charge in [-0.3, -0.25) is 0 Å². The molecule has 0 aromatic rings. The van der Waals surface area contributed by atoms with Crippen molar-refractivity contribution in [3.8, 4) is 0 Å². The minimum absolute atomic E-state index is 0.771. The molecule has 2 nitrogen and oxygen atoms in total. The number of rotatable bonds is 7. The summed E-state index contributed by atoms with van der Waals surface area (Å²) in [7, 11) is 0. The van der Waals surface area contributed by atoms with Crippen molar-refractivity contribution in [2.45, 2.75) is 33.1 Å². The van der Waals surface area contributed by atoms with Gasteiger partial charge in [-0.1, -0.05) is 19.9 Å². The van der Waals surface area contributed by atoms with Crippen LogP contribution >= 0.6 is 0 Å². The number of nitrogens with one attached hydrogen (secondary N) is 1. The quantitative estimate of drug-likeness (QED) is 0.669. The number of piperidine rings is 1. The normalized spacial score (nSPS) is 19.2. The number of likely N-dealkylation sites (tertiary alicyclic amines) is 1. The maximum atomic E-state index is 3.78. The van der Waals surface area contributed by atoms with Gasteiger partial charge in [-0.15, -0.1) is 6.58 Å². The Labute approximate surface area is 101 Å². The first kappa shape index (κ1) is 13.7. The van der Waals surface area contributed by atoms with E-state index in [2.05, 4.69) is 30.6 Å². The van der Waals surface area contributed by atoms with Gasteiger partial charge in [0.2, 0.25) is 0 Å². The zero-order valence-electron chi connectivity index (χ0n) is 11.0. The molecule has 1 rings (SSSR count). The van der Waals surface area contributed by atoms with E-state index in [0.29, 0.717) is 0 Å². The molecule has 0 aromatic heterocycles. The highest BCUT2D eigenvalue weighted by atomic mass is 15.1. The van der Waals surface area contributed by atoms with Crippen LogP contribution in [0, 0.1) is 11.8 Å². The molecule has 1 aliphatic heterocycles. The fourth-order valence-corrected chi connectivity index (χ4v) is 2.26. The van der Waals surface area contributed by atoms with Crippen molar-refractivity contribution in [2.24, 2.45) is 11.8 Å². The Morgan fingerprint density at radius 3 is 2.62 bits per heavy atom. The van der Waals surface area contributed by atoms with Gasteiger partial charge in [0, 0.05) is 6.54 Å². The van der Waals surface area contributed by atoms with Crippen LogP contribution in [0.3, 0.4) is 0 Å². The van der Waals surface area contributed by atoms with Crippen LogP contribution in [0.4, 0.5) is 0 Å². The van der Waals surface area contributed by atoms with E-state index < -0.39 is 0 Å². The fourth-order valence-electron chi connectivity index (χ4n) is 2.26. The van der Waals surface area contributed by atoms with Gasteiger partial charge in [-0.05, 0) is 57.3 Å². The summed E-state index contributed by atoms with van der Waals surface area (Å²) in [6.45, 7) is 14.5. The lowest BCUT2D eigenvalue weighted by Gasteiger charge is -2.31. The van der Waals surface area contributed by atoms with E-state index >= 15 is 0 Å². The third-order valence-electron chi connectivity index (χ3n) is 3.34. The highest BCUT2D eigenvalue weighted by Gasteiger charge is 2.17. The van der Waals surface area contributed by atoms with E-state index in [1.165, 1.54) is 39.0 Å². The molecular weight excluding hydrogens is 196 g/mol. The van der Waals surface area contributed by atoms with Crippen molar-refractivity contribution in [3.05, 3.63) is 12.7 Å². The minimum Gasteiger partial charge on any atom is -0.316 e. The first-order chi connectivity index (χ1) is 7.72. The highest BCUT2D eigenvalue weighted by molar-refractivity contribution is 4.76. The van der Waals surface area contributed by atoms with Crippen LogP contribution in [0.25, 0.3) is 0 Å². The molecule has 2 heteroatoms. The monoisotopic (exact) mass is 224 g/mol. The van der Waals surface area contributed by atoms with Crippen LogP contribution < -0.4 is 5.32 Å². The minimum atomic E-state index is 0.771. The van der Waals surface area contributed by atoms with Gasteiger partial charge in [0.1, 0.15) is 0 Å². The maximum absolute atomic E-state index is 3.78. The number of hydrogen-bond acceptors (Lipinski definition) is 2. The SMILES string of the molecule is C=CCCN1CCC(CNCC(C)C)CC1. The Morgan fingerprint density at radius 2 is 2.06 bits per heavy atom. The van der Waals surface area contributed by atoms with Gasteiger partial charge in [-0.2, -0.15) is 0 Å². The molecule has 0 bridgehead atoms. The maximum Gasteiger partial charge on any atom is 0.00158 e. The van der Waals surface area contributed by atoms with Crippen molar-refractivity contribution < 1.29 is 0 Å². The summed E-state index contributed by atoms with van der Waals surface area (Å²) in [5, 5.41) is 3.58. The molecular formula is C14H28N2. The average Bonchev–Trinajstić information content (AvgIpc) is 2.27. The molecule has 0 aromatic carbocycles. The largest absolute Gasteiger partial charge is 0.316 e. The molecule has 1 fully saturated rings. The second kappa shape index (κ2) is 7.86. The Bertz CT molecular complexity index is 181. The van der Waals surface area contributed by atoms with Crippen molar-refractivity contribution in [2.75, 3.05) is 32.7 Å². The van der Waals surface area contributed by atoms with E-state index in [4.69, 9.17) is 0 Å². The van der Waals surface area contributed by atoms with Crippen LogP contribution in [-0.2, 0) is 0 Å². The first-order valence-electron chi connectivity index (χ1n) is 6.76. The highest BCUT2D eigenvalue weighted by Crippen LogP contribution is 2.16. The molecule has 94 valence electrons. The topological polar surface area (TPSA) is 15.3 Å². The average molecular weight is 224 g/mol. The first-order valence-corrected chi connectivity index (χ1v) is 6.76. The van der Waals surface area contributed by atoms with Gasteiger partial charge in [0.05, 0.1) is 0 Å². The molecule has 0 amide bonds. The Kier molecular flexibility index (Phi) is 6.74. The Hall–Kier alpha value is -0.340. The summed E-state index contributed by atoms with van der Waals surface area (Å²) in [5.41, 5.74) is 0. The molecule has 16 heavy (non-hydrogen) atoms. The molecule has 0 saturated carbocycles. The van der Waals surface area contributed by atoms with E-state index in [0.717, 1.165) is 24.8 Å². The smallest absolute Gasteiger partial charge is 0.00158 e. The molecule has 0 spiro atoms. The van der Waals surface area contributed by atoms with Crippen molar-refractivity contribution in [3.63, 3.8) is 0 Å². The lowest BCUT2D eigenvalue weighted by molar-refractivity contribution is 0.184. The molecule has 1 N–H and O–H groups in total. The number of hydrogen-bond donors (Lipinski definition) is 1. The van der Waals surface area contributed by atoms with E-state index in [9.17, 15) is 0 Å². The van der Waals surface area contributed by atoms with Gasteiger partial charge < -0.3 is 10.2 Å². The summed E-state index contributed by atoms with van der Waals surface area (Å²) in [4.78, 5) is 2.57. The lowest BCUT2D eigenvalue weighted by Crippen LogP contribution is -2.38. The summed E-state index contributed by atoms with van der Waals surface area (Å²) < 4.78 is 0.